The summed E-state index contributed by atoms with van der Waals surface area (Å²) in [6, 6.07) is 47.0. The van der Waals surface area contributed by atoms with E-state index in [4.69, 9.17) is 9.47 Å². The molecule has 256 valence electrons. The molecule has 1 fully saturated rings. The summed E-state index contributed by atoms with van der Waals surface area (Å²) in [5.41, 5.74) is 2.59. The van der Waals surface area contributed by atoms with Gasteiger partial charge in [0, 0.05) is 5.75 Å². The number of nitrogens with one attached hydrogen (secondary N) is 1. The lowest BCUT2D eigenvalue weighted by Crippen LogP contribution is -2.70. The Kier molecular flexibility index (Phi) is 10.2. The molecule has 9 heteroatoms. The molecule has 2 amide bonds. The van der Waals surface area contributed by atoms with Gasteiger partial charge in [-0.3, -0.25) is 14.5 Å². The molecule has 0 aromatic heterocycles. The van der Waals surface area contributed by atoms with Crippen LogP contribution in [0.1, 0.15) is 11.1 Å². The molecule has 5 aromatic rings. The highest BCUT2D eigenvalue weighted by atomic mass is 32.2. The molecule has 0 saturated carbocycles. The highest BCUT2D eigenvalue weighted by molar-refractivity contribution is 8.00. The minimum atomic E-state index is -2.53. The number of thioether (sulfide) groups is 1. The lowest BCUT2D eigenvalue weighted by molar-refractivity contribution is -0.153. The maximum Gasteiger partial charge on any atom is 0.355 e. The number of β-lactam (4-membered cyclic amide) rings is 1. The smallest absolute Gasteiger partial charge is 0.355 e. The van der Waals surface area contributed by atoms with Crippen LogP contribution >= 0.6 is 18.6 Å². The van der Waals surface area contributed by atoms with Crippen LogP contribution in [0, 0.1) is 0 Å². The predicted octanol–water partition coefficient (Wildman–Crippen LogP) is 5.43. The first-order valence-corrected chi connectivity index (χ1v) is 19.6. The predicted molar refractivity (Wildman–Crippen MR) is 206 cm³/mol. The topological polar surface area (TPSA) is 84.9 Å². The van der Waals surface area contributed by atoms with Crippen LogP contribution in [0.5, 0.6) is 5.75 Å². The van der Waals surface area contributed by atoms with E-state index in [1.807, 2.05) is 109 Å². The van der Waals surface area contributed by atoms with Crippen LogP contribution < -0.4 is 26.0 Å². The fraction of sp³-hybridized carbons (Fsp3) is 0.143. The lowest BCUT2D eigenvalue weighted by Gasteiger charge is -2.49. The Morgan fingerprint density at radius 1 is 0.765 bits per heavy atom. The van der Waals surface area contributed by atoms with E-state index in [9.17, 15) is 14.4 Å². The van der Waals surface area contributed by atoms with Crippen molar-refractivity contribution >= 4 is 58.1 Å². The number of ether oxygens (including phenoxy) is 2. The fourth-order valence-corrected chi connectivity index (χ4v) is 11.9. The molecular formula is C42H37N2O5PS. The summed E-state index contributed by atoms with van der Waals surface area (Å²) < 4.78 is 11.2. The Hall–Kier alpha value is -5.30. The van der Waals surface area contributed by atoms with Gasteiger partial charge < -0.3 is 14.8 Å². The third-order valence-electron chi connectivity index (χ3n) is 9.08. The van der Waals surface area contributed by atoms with Crippen LogP contribution in [0.2, 0.25) is 0 Å². The average Bonchev–Trinajstić information content (AvgIpc) is 3.19. The average molecular weight is 713 g/mol. The molecule has 7 rings (SSSR count). The number of benzene rings is 5. The van der Waals surface area contributed by atoms with Crippen LogP contribution in [0.15, 0.2) is 157 Å². The zero-order valence-corrected chi connectivity index (χ0v) is 29.8. The highest BCUT2D eigenvalue weighted by Crippen LogP contribution is 2.47. The Balaban J connectivity index is 1.33. The van der Waals surface area contributed by atoms with Gasteiger partial charge in [-0.1, -0.05) is 133 Å². The highest BCUT2D eigenvalue weighted by Gasteiger charge is 2.54. The van der Waals surface area contributed by atoms with Crippen LogP contribution in [-0.2, 0) is 32.1 Å². The number of carbonyl (C=O) groups excluding carboxylic acids is 3. The van der Waals surface area contributed by atoms with Gasteiger partial charge in [-0.05, 0) is 57.4 Å². The molecule has 2 aliphatic heterocycles. The minimum Gasteiger partial charge on any atom is -0.497 e. The van der Waals surface area contributed by atoms with E-state index in [0.717, 1.165) is 32.6 Å². The van der Waals surface area contributed by atoms with Gasteiger partial charge in [0.15, 0.2) is 0 Å². The quantitative estimate of drug-likeness (QED) is 0.112. The van der Waals surface area contributed by atoms with Crippen molar-refractivity contribution in [3.05, 3.63) is 168 Å². The van der Waals surface area contributed by atoms with Crippen LogP contribution in [0.4, 0.5) is 0 Å². The van der Waals surface area contributed by atoms with E-state index in [1.165, 1.54) is 4.90 Å². The van der Waals surface area contributed by atoms with Gasteiger partial charge >= 0.3 is 5.97 Å². The van der Waals surface area contributed by atoms with Crippen molar-refractivity contribution in [3.8, 4) is 5.75 Å². The number of fused-ring (bicyclic) bond motifs is 1. The molecule has 1 N–H and O–H groups in total. The summed E-state index contributed by atoms with van der Waals surface area (Å²) in [5, 5.41) is 5.85. The molecule has 0 radical (unpaired) electrons. The van der Waals surface area contributed by atoms with E-state index < -0.39 is 24.3 Å². The number of methoxy groups -OCH3 is 1. The molecule has 2 atom stereocenters. The molecule has 51 heavy (non-hydrogen) atoms. The zero-order chi connectivity index (χ0) is 35.2. The number of hydrogen-bond acceptors (Lipinski definition) is 6. The summed E-state index contributed by atoms with van der Waals surface area (Å²) in [7, 11) is 1.60. The zero-order valence-electron chi connectivity index (χ0n) is 28.1. The standard InChI is InChI=1S/C42H37N2O5PS/c1-48-33-24-22-31(23-25-33)27-49-42(47)39-32(29-51-41-38(40(46)44(39)41)43-37(45)26-30-14-6-2-7-15-30)28-50(34-16-8-3-9-17-34,35-18-10-4-11-19-35)36-20-12-5-13-21-36/h2-25,28,38,41H,26-27,29H2,1H3,(H,43,45). The second-order valence-corrected chi connectivity index (χ2v) is 16.6. The number of rotatable bonds is 11. The number of nitrogens with zero attached hydrogens (tertiary/aromatic N) is 1. The Morgan fingerprint density at radius 2 is 1.29 bits per heavy atom. The third-order valence-corrected chi connectivity index (χ3v) is 14.4. The SMILES string of the molecule is COc1ccc(COC(=O)C2=C(C=P(c3ccccc3)(c3ccccc3)c3ccccc3)CSC3C(NC(=O)Cc4ccccc4)C(=O)N23)cc1. The van der Waals surface area contributed by atoms with Gasteiger partial charge in [-0.15, -0.1) is 11.8 Å². The molecule has 7 nitrogen and oxygen atoms in total. The summed E-state index contributed by atoms with van der Waals surface area (Å²) in [4.78, 5) is 42.9. The number of amides is 2. The fourth-order valence-electron chi connectivity index (χ4n) is 6.57. The Bertz CT molecular complexity index is 2000. The molecular weight excluding hydrogens is 676 g/mol. The van der Waals surface area contributed by atoms with Crippen molar-refractivity contribution in [2.24, 2.45) is 0 Å². The molecule has 2 aliphatic rings. The first-order valence-electron chi connectivity index (χ1n) is 16.7. The van der Waals surface area contributed by atoms with Crippen molar-refractivity contribution in [1.29, 1.82) is 0 Å². The Morgan fingerprint density at radius 3 is 1.82 bits per heavy atom. The first-order chi connectivity index (χ1) is 25.0. The van der Waals surface area contributed by atoms with Gasteiger partial charge in [0.25, 0.3) is 5.91 Å². The second-order valence-electron chi connectivity index (χ2n) is 12.3. The molecule has 1 saturated heterocycles. The molecule has 0 spiro atoms. The molecule has 2 heterocycles. The molecule has 2 unspecified atom stereocenters. The van der Waals surface area contributed by atoms with Crippen molar-refractivity contribution in [1.82, 2.24) is 10.2 Å². The van der Waals surface area contributed by atoms with Crippen molar-refractivity contribution < 1.29 is 23.9 Å². The summed E-state index contributed by atoms with van der Waals surface area (Å²) in [5.74, 6) is 2.21. The van der Waals surface area contributed by atoms with Crippen molar-refractivity contribution in [2.45, 2.75) is 24.4 Å². The molecule has 5 aromatic carbocycles. The maximum atomic E-state index is 14.3. The summed E-state index contributed by atoms with van der Waals surface area (Å²) in [6.07, 6.45) is 0.159. The summed E-state index contributed by atoms with van der Waals surface area (Å²) >= 11 is 1.54. The van der Waals surface area contributed by atoms with Gasteiger partial charge in [0.1, 0.15) is 29.5 Å². The van der Waals surface area contributed by atoms with Gasteiger partial charge in [-0.2, -0.15) is 0 Å². The first kappa shape index (κ1) is 34.2. The second kappa shape index (κ2) is 15.3. The van der Waals surface area contributed by atoms with E-state index >= 15 is 0 Å². The van der Waals surface area contributed by atoms with Crippen LogP contribution in [0.3, 0.4) is 0 Å². The minimum absolute atomic E-state index is 0.0209. The van der Waals surface area contributed by atoms with Crippen LogP contribution in [0.25, 0.3) is 0 Å². The van der Waals surface area contributed by atoms with E-state index in [-0.39, 0.29) is 30.5 Å². The molecule has 0 aliphatic carbocycles. The maximum absolute atomic E-state index is 14.3. The largest absolute Gasteiger partial charge is 0.497 e. The third kappa shape index (κ3) is 7.03. The summed E-state index contributed by atoms with van der Waals surface area (Å²) in [6.45, 7) is -2.51. The molecule has 0 bridgehead atoms. The number of hydrogen-bond donors (Lipinski definition) is 1. The normalized spacial score (nSPS) is 16.8. The van der Waals surface area contributed by atoms with Crippen LogP contribution in [-0.4, -0.2) is 52.8 Å². The number of esters is 1. The van der Waals surface area contributed by atoms with Crippen molar-refractivity contribution in [3.63, 3.8) is 0 Å². The van der Waals surface area contributed by atoms with Gasteiger partial charge in [0.05, 0.1) is 13.5 Å². The monoisotopic (exact) mass is 712 g/mol. The van der Waals surface area contributed by atoms with E-state index in [1.54, 1.807) is 18.9 Å². The van der Waals surface area contributed by atoms with Gasteiger partial charge in [-0.25, -0.2) is 4.79 Å². The van der Waals surface area contributed by atoms with Crippen molar-refractivity contribution in [2.75, 3.05) is 12.9 Å². The van der Waals surface area contributed by atoms with Gasteiger partial charge in [0.2, 0.25) is 5.91 Å². The lowest BCUT2D eigenvalue weighted by atomic mass is 10.0. The number of carbonyl (C=O) groups is 3. The van der Waals surface area contributed by atoms with E-state index in [0.29, 0.717) is 11.5 Å². The Labute approximate surface area is 302 Å². The van der Waals surface area contributed by atoms with E-state index in [2.05, 4.69) is 47.5 Å².